The van der Waals surface area contributed by atoms with Gasteiger partial charge in [0.1, 0.15) is 11.6 Å². The molecule has 0 unspecified atom stereocenters. The number of nitrogens with zero attached hydrogens (tertiary/aromatic N) is 4. The summed E-state index contributed by atoms with van der Waals surface area (Å²) in [5.41, 5.74) is 4.40. The molecule has 1 aromatic heterocycles. The van der Waals surface area contributed by atoms with Crippen molar-refractivity contribution in [3.8, 4) is 17.3 Å². The summed E-state index contributed by atoms with van der Waals surface area (Å²) in [6.07, 6.45) is 4.01. The first kappa shape index (κ1) is 17.8. The molecule has 0 saturated heterocycles. The van der Waals surface area contributed by atoms with Crippen molar-refractivity contribution >= 4 is 34.9 Å². The third-order valence-electron chi connectivity index (χ3n) is 4.65. The average molecular weight is 393 g/mol. The predicted octanol–water partition coefficient (Wildman–Crippen LogP) is 5.47. The SMILES string of the molecule is CSc1nc(-c2ccc(Cl)cc2)c(C#N)c(N2CCCc3ccccc32)n1. The molecule has 6 heteroatoms. The standard InChI is InChI=1S/C21H17ClN4S/c1-27-21-24-19(15-8-10-16(22)11-9-15)17(13-23)20(25-21)26-12-4-6-14-5-2-3-7-18(14)26/h2-3,5,7-11H,4,6,12H2,1H3. The Morgan fingerprint density at radius 2 is 1.89 bits per heavy atom. The Labute approximate surface area is 167 Å². The van der Waals surface area contributed by atoms with Gasteiger partial charge in [-0.1, -0.05) is 53.7 Å². The van der Waals surface area contributed by atoms with E-state index < -0.39 is 0 Å². The van der Waals surface area contributed by atoms with Crippen LogP contribution in [0.3, 0.4) is 0 Å². The van der Waals surface area contributed by atoms with Gasteiger partial charge in [0.05, 0.1) is 5.69 Å². The molecule has 0 spiro atoms. The molecule has 1 aliphatic heterocycles. The number of hydrogen-bond donors (Lipinski definition) is 0. The molecule has 2 heterocycles. The summed E-state index contributed by atoms with van der Waals surface area (Å²) >= 11 is 7.51. The van der Waals surface area contributed by atoms with Crippen LogP contribution in [0, 0.1) is 11.3 Å². The quantitative estimate of drug-likeness (QED) is 0.436. The molecule has 0 fully saturated rings. The summed E-state index contributed by atoms with van der Waals surface area (Å²) in [6, 6.07) is 18.1. The van der Waals surface area contributed by atoms with Crippen LogP contribution in [0.2, 0.25) is 5.02 Å². The van der Waals surface area contributed by atoms with Crippen molar-refractivity contribution in [2.45, 2.75) is 18.0 Å². The maximum absolute atomic E-state index is 9.97. The Balaban J connectivity index is 1.93. The van der Waals surface area contributed by atoms with Gasteiger partial charge in [0.2, 0.25) is 0 Å². The monoisotopic (exact) mass is 392 g/mol. The third-order valence-corrected chi connectivity index (χ3v) is 5.45. The molecule has 0 aliphatic carbocycles. The molecule has 0 saturated carbocycles. The van der Waals surface area contributed by atoms with Gasteiger partial charge >= 0.3 is 0 Å². The first-order valence-corrected chi connectivity index (χ1v) is 10.3. The highest BCUT2D eigenvalue weighted by molar-refractivity contribution is 7.98. The molecular formula is C21H17ClN4S. The van der Waals surface area contributed by atoms with Crippen LogP contribution in [0.25, 0.3) is 11.3 Å². The van der Waals surface area contributed by atoms with E-state index in [1.807, 2.05) is 36.6 Å². The number of aryl methyl sites for hydroxylation is 1. The van der Waals surface area contributed by atoms with Crippen LogP contribution in [0.4, 0.5) is 11.5 Å². The molecule has 0 amide bonds. The topological polar surface area (TPSA) is 52.8 Å². The summed E-state index contributed by atoms with van der Waals surface area (Å²) in [4.78, 5) is 11.5. The molecule has 3 aromatic rings. The van der Waals surface area contributed by atoms with E-state index in [9.17, 15) is 5.26 Å². The number of fused-ring (bicyclic) bond motifs is 1. The van der Waals surface area contributed by atoms with Crippen molar-refractivity contribution in [1.82, 2.24) is 9.97 Å². The second-order valence-corrected chi connectivity index (χ2v) is 7.47. The lowest BCUT2D eigenvalue weighted by Crippen LogP contribution is -2.26. The highest BCUT2D eigenvalue weighted by Gasteiger charge is 2.25. The number of nitriles is 1. The second kappa shape index (κ2) is 7.59. The Bertz CT molecular complexity index is 1030. The summed E-state index contributed by atoms with van der Waals surface area (Å²) in [5.74, 6) is 0.675. The van der Waals surface area contributed by atoms with Gasteiger partial charge in [0.25, 0.3) is 0 Å². The molecule has 0 bridgehead atoms. The van der Waals surface area contributed by atoms with Crippen LogP contribution < -0.4 is 4.90 Å². The number of aromatic nitrogens is 2. The zero-order valence-corrected chi connectivity index (χ0v) is 16.4. The number of halogens is 1. The fourth-order valence-electron chi connectivity index (χ4n) is 3.39. The molecular weight excluding hydrogens is 376 g/mol. The fourth-order valence-corrected chi connectivity index (χ4v) is 3.88. The Morgan fingerprint density at radius 3 is 2.63 bits per heavy atom. The van der Waals surface area contributed by atoms with E-state index >= 15 is 0 Å². The highest BCUT2D eigenvalue weighted by atomic mass is 35.5. The van der Waals surface area contributed by atoms with Gasteiger partial charge in [-0.2, -0.15) is 5.26 Å². The van der Waals surface area contributed by atoms with E-state index in [1.54, 1.807) is 0 Å². The Hall–Kier alpha value is -2.55. The molecule has 1 aliphatic rings. The lowest BCUT2D eigenvalue weighted by atomic mass is 10.0. The van der Waals surface area contributed by atoms with Gasteiger partial charge in [-0.15, -0.1) is 0 Å². The van der Waals surface area contributed by atoms with Gasteiger partial charge in [-0.05, 0) is 42.9 Å². The maximum atomic E-state index is 9.97. The smallest absolute Gasteiger partial charge is 0.189 e. The summed E-state index contributed by atoms with van der Waals surface area (Å²) in [7, 11) is 0. The Kier molecular flexibility index (Phi) is 5.02. The Morgan fingerprint density at radius 1 is 1.11 bits per heavy atom. The molecule has 27 heavy (non-hydrogen) atoms. The molecule has 0 N–H and O–H groups in total. The van der Waals surface area contributed by atoms with Crippen molar-refractivity contribution in [3.63, 3.8) is 0 Å². The van der Waals surface area contributed by atoms with Crippen molar-refractivity contribution in [2.75, 3.05) is 17.7 Å². The van der Waals surface area contributed by atoms with Crippen LogP contribution in [0.5, 0.6) is 0 Å². The number of anilines is 2. The lowest BCUT2D eigenvalue weighted by molar-refractivity contribution is 0.751. The molecule has 0 radical (unpaired) electrons. The first-order valence-electron chi connectivity index (χ1n) is 8.69. The van der Waals surface area contributed by atoms with Crippen LogP contribution in [-0.4, -0.2) is 22.8 Å². The van der Waals surface area contributed by atoms with Crippen molar-refractivity contribution in [3.05, 3.63) is 64.7 Å². The van der Waals surface area contributed by atoms with Crippen molar-refractivity contribution < 1.29 is 0 Å². The number of hydrogen-bond acceptors (Lipinski definition) is 5. The lowest BCUT2D eigenvalue weighted by Gasteiger charge is -2.31. The minimum Gasteiger partial charge on any atom is -0.325 e. The molecule has 4 rings (SSSR count). The second-order valence-electron chi connectivity index (χ2n) is 6.26. The summed E-state index contributed by atoms with van der Waals surface area (Å²) < 4.78 is 0. The molecule has 0 atom stereocenters. The first-order chi connectivity index (χ1) is 13.2. The van der Waals surface area contributed by atoms with Crippen LogP contribution in [0.1, 0.15) is 17.5 Å². The fraction of sp³-hybridized carbons (Fsp3) is 0.190. The minimum absolute atomic E-state index is 0.492. The predicted molar refractivity (Wildman–Crippen MR) is 111 cm³/mol. The zero-order valence-electron chi connectivity index (χ0n) is 14.8. The van der Waals surface area contributed by atoms with Crippen molar-refractivity contribution in [1.29, 1.82) is 5.26 Å². The van der Waals surface area contributed by atoms with E-state index in [4.69, 9.17) is 16.6 Å². The van der Waals surface area contributed by atoms with Gasteiger partial charge < -0.3 is 4.90 Å². The number of benzene rings is 2. The van der Waals surface area contributed by atoms with Gasteiger partial charge in [0, 0.05) is 22.8 Å². The van der Waals surface area contributed by atoms with Crippen LogP contribution >= 0.6 is 23.4 Å². The number of para-hydroxylation sites is 1. The van der Waals surface area contributed by atoms with Crippen molar-refractivity contribution in [2.24, 2.45) is 0 Å². The average Bonchev–Trinajstić information content (AvgIpc) is 2.73. The van der Waals surface area contributed by atoms with Gasteiger partial charge in [0.15, 0.2) is 11.0 Å². The summed E-state index contributed by atoms with van der Waals surface area (Å²) in [6.45, 7) is 0.830. The third kappa shape index (κ3) is 3.39. The van der Waals surface area contributed by atoms with Crippen LogP contribution in [-0.2, 0) is 6.42 Å². The molecule has 2 aromatic carbocycles. The number of rotatable bonds is 3. The van der Waals surface area contributed by atoms with E-state index in [0.717, 1.165) is 30.6 Å². The highest BCUT2D eigenvalue weighted by Crippen LogP contribution is 2.37. The maximum Gasteiger partial charge on any atom is 0.189 e. The van der Waals surface area contributed by atoms with E-state index in [0.29, 0.717) is 27.3 Å². The van der Waals surface area contributed by atoms with E-state index in [-0.39, 0.29) is 0 Å². The minimum atomic E-state index is 0.492. The van der Waals surface area contributed by atoms with Crippen LogP contribution in [0.15, 0.2) is 53.7 Å². The molecule has 4 nitrogen and oxygen atoms in total. The normalized spacial score (nSPS) is 13.1. The number of thioether (sulfide) groups is 1. The van der Waals surface area contributed by atoms with Gasteiger partial charge in [-0.25, -0.2) is 9.97 Å². The van der Waals surface area contributed by atoms with E-state index in [2.05, 4.69) is 34.2 Å². The largest absolute Gasteiger partial charge is 0.325 e. The van der Waals surface area contributed by atoms with Gasteiger partial charge in [-0.3, -0.25) is 0 Å². The molecule has 134 valence electrons. The van der Waals surface area contributed by atoms with E-state index in [1.165, 1.54) is 17.3 Å². The zero-order chi connectivity index (χ0) is 18.8. The summed E-state index contributed by atoms with van der Waals surface area (Å²) in [5, 5.41) is 11.3.